The summed E-state index contributed by atoms with van der Waals surface area (Å²) in [6.07, 6.45) is 1.52. The predicted octanol–water partition coefficient (Wildman–Crippen LogP) is 4.04. The first-order valence-corrected chi connectivity index (χ1v) is 6.77. The van der Waals surface area contributed by atoms with Crippen molar-refractivity contribution in [2.75, 3.05) is 5.32 Å². The van der Waals surface area contributed by atoms with E-state index in [0.717, 1.165) is 5.69 Å². The van der Waals surface area contributed by atoms with E-state index in [1.54, 1.807) is 24.3 Å². The van der Waals surface area contributed by atoms with Gasteiger partial charge < -0.3 is 5.32 Å². The summed E-state index contributed by atoms with van der Waals surface area (Å²) >= 11 is 5.84. The number of hydrogen-bond acceptors (Lipinski definition) is 3. The highest BCUT2D eigenvalue weighted by Gasteiger charge is 2.15. The second-order valence-electron chi connectivity index (χ2n) is 4.49. The molecule has 1 aromatic heterocycles. The van der Waals surface area contributed by atoms with E-state index in [0.29, 0.717) is 22.0 Å². The number of H-pyrrole nitrogens is 1. The van der Waals surface area contributed by atoms with Gasteiger partial charge in [0.25, 0.3) is 0 Å². The van der Waals surface area contributed by atoms with Gasteiger partial charge >= 0.3 is 0 Å². The molecule has 0 aliphatic rings. The van der Waals surface area contributed by atoms with E-state index in [2.05, 4.69) is 15.5 Å². The minimum absolute atomic E-state index is 0.112. The lowest BCUT2D eigenvalue weighted by Crippen LogP contribution is -2.03. The lowest BCUT2D eigenvalue weighted by Gasteiger charge is -2.06. The highest BCUT2D eigenvalue weighted by atomic mass is 35.5. The van der Waals surface area contributed by atoms with E-state index < -0.39 is 0 Å². The van der Waals surface area contributed by atoms with Crippen molar-refractivity contribution >= 4 is 28.9 Å². The van der Waals surface area contributed by atoms with Crippen LogP contribution in [-0.2, 0) is 0 Å². The molecule has 2 N–H and O–H groups in total. The number of hydrogen-bond donors (Lipinski definition) is 2. The zero-order valence-electron chi connectivity index (χ0n) is 11.0. The Hall–Kier alpha value is -2.59. The number of aromatic amines is 1. The van der Waals surface area contributed by atoms with Crippen LogP contribution in [0.2, 0.25) is 5.02 Å². The molecule has 104 valence electrons. The topological polar surface area (TPSA) is 57.8 Å². The van der Waals surface area contributed by atoms with Crippen LogP contribution in [0.25, 0.3) is 0 Å². The summed E-state index contributed by atoms with van der Waals surface area (Å²) in [5.41, 5.74) is 1.94. The van der Waals surface area contributed by atoms with Crippen LogP contribution in [0.1, 0.15) is 15.9 Å². The maximum Gasteiger partial charge on any atom is 0.198 e. The Bertz CT molecular complexity index is 751. The third-order valence-electron chi connectivity index (χ3n) is 3.03. The van der Waals surface area contributed by atoms with Crippen LogP contribution in [0.5, 0.6) is 0 Å². The average Bonchev–Trinajstić information content (AvgIpc) is 2.96. The second kappa shape index (κ2) is 5.81. The number of benzene rings is 2. The monoisotopic (exact) mass is 297 g/mol. The van der Waals surface area contributed by atoms with E-state index in [1.165, 1.54) is 6.20 Å². The average molecular weight is 298 g/mol. The van der Waals surface area contributed by atoms with Crippen molar-refractivity contribution in [2.24, 2.45) is 0 Å². The van der Waals surface area contributed by atoms with Crippen molar-refractivity contribution < 1.29 is 4.79 Å². The van der Waals surface area contributed by atoms with E-state index in [4.69, 9.17) is 11.6 Å². The summed E-state index contributed by atoms with van der Waals surface area (Å²) in [5.74, 6) is 0.458. The van der Waals surface area contributed by atoms with Crippen LogP contribution in [0.15, 0.2) is 60.8 Å². The zero-order valence-corrected chi connectivity index (χ0v) is 11.8. The molecule has 4 nitrogen and oxygen atoms in total. The highest BCUT2D eigenvalue weighted by molar-refractivity contribution is 6.30. The number of carbonyl (C=O) groups excluding carboxylic acids is 1. The molecule has 0 fully saturated rings. The molecule has 21 heavy (non-hydrogen) atoms. The molecular weight excluding hydrogens is 286 g/mol. The van der Waals surface area contributed by atoms with Crippen molar-refractivity contribution in [3.05, 3.63) is 76.9 Å². The fraction of sp³-hybridized carbons (Fsp3) is 0. The van der Waals surface area contributed by atoms with Crippen LogP contribution in [-0.4, -0.2) is 16.0 Å². The molecule has 0 spiro atoms. The summed E-state index contributed by atoms with van der Waals surface area (Å²) in [7, 11) is 0. The molecule has 0 radical (unpaired) electrons. The number of carbonyl (C=O) groups is 1. The molecule has 0 saturated carbocycles. The van der Waals surface area contributed by atoms with Gasteiger partial charge in [-0.25, -0.2) is 0 Å². The summed E-state index contributed by atoms with van der Waals surface area (Å²) in [6, 6.07) is 16.4. The number of rotatable bonds is 4. The van der Waals surface area contributed by atoms with Gasteiger partial charge in [0.15, 0.2) is 5.78 Å². The van der Waals surface area contributed by atoms with Gasteiger partial charge in [0.1, 0.15) is 5.82 Å². The first-order chi connectivity index (χ1) is 10.2. The first kappa shape index (κ1) is 13.4. The van der Waals surface area contributed by atoms with Gasteiger partial charge in [-0.3, -0.25) is 9.89 Å². The van der Waals surface area contributed by atoms with E-state index >= 15 is 0 Å². The number of anilines is 2. The molecule has 0 saturated heterocycles. The molecular formula is C16H12ClN3O. The Morgan fingerprint density at radius 2 is 1.76 bits per heavy atom. The summed E-state index contributed by atoms with van der Waals surface area (Å²) in [4.78, 5) is 12.5. The molecule has 1 heterocycles. The zero-order chi connectivity index (χ0) is 14.7. The lowest BCUT2D eigenvalue weighted by molar-refractivity contribution is 0.103. The molecule has 0 aliphatic carbocycles. The molecule has 2 aromatic carbocycles. The second-order valence-corrected chi connectivity index (χ2v) is 4.92. The maximum atomic E-state index is 12.5. The van der Waals surface area contributed by atoms with Gasteiger partial charge in [-0.05, 0) is 36.4 Å². The fourth-order valence-corrected chi connectivity index (χ4v) is 2.10. The standard InChI is InChI=1S/C16H12ClN3O/c17-12-8-6-11(7-9-12)15(21)14-10-18-20-16(14)19-13-4-2-1-3-5-13/h1-10H,(H2,18,19,20). The van der Waals surface area contributed by atoms with Crippen LogP contribution in [0, 0.1) is 0 Å². The molecule has 3 rings (SSSR count). The summed E-state index contributed by atoms with van der Waals surface area (Å²) in [5, 5.41) is 10.5. The molecule has 0 atom stereocenters. The summed E-state index contributed by atoms with van der Waals surface area (Å²) < 4.78 is 0. The maximum absolute atomic E-state index is 12.5. The highest BCUT2D eigenvalue weighted by Crippen LogP contribution is 2.21. The predicted molar refractivity (Wildman–Crippen MR) is 83.2 cm³/mol. The van der Waals surface area contributed by atoms with Crippen LogP contribution >= 0.6 is 11.6 Å². The quantitative estimate of drug-likeness (QED) is 0.715. The van der Waals surface area contributed by atoms with Crippen molar-refractivity contribution in [1.82, 2.24) is 10.2 Å². The Balaban J connectivity index is 1.88. The summed E-state index contributed by atoms with van der Waals surface area (Å²) in [6.45, 7) is 0. The molecule has 3 aromatic rings. The number of nitrogens with one attached hydrogen (secondary N) is 2. The molecule has 0 unspecified atom stereocenters. The number of halogens is 1. The lowest BCUT2D eigenvalue weighted by atomic mass is 10.1. The Kier molecular flexibility index (Phi) is 3.71. The molecule has 0 aliphatic heterocycles. The normalized spacial score (nSPS) is 10.3. The van der Waals surface area contributed by atoms with Crippen molar-refractivity contribution in [3.63, 3.8) is 0 Å². The van der Waals surface area contributed by atoms with E-state index in [-0.39, 0.29) is 5.78 Å². The van der Waals surface area contributed by atoms with Gasteiger partial charge in [0.05, 0.1) is 11.8 Å². The SMILES string of the molecule is O=C(c1ccc(Cl)cc1)c1cn[nH]c1Nc1ccccc1. The minimum atomic E-state index is -0.112. The van der Waals surface area contributed by atoms with E-state index in [1.807, 2.05) is 30.3 Å². The Morgan fingerprint density at radius 3 is 2.48 bits per heavy atom. The minimum Gasteiger partial charge on any atom is -0.340 e. The Morgan fingerprint density at radius 1 is 1.05 bits per heavy atom. The van der Waals surface area contributed by atoms with Gasteiger partial charge in [-0.15, -0.1) is 0 Å². The van der Waals surface area contributed by atoms with E-state index in [9.17, 15) is 4.79 Å². The first-order valence-electron chi connectivity index (χ1n) is 6.40. The number of aromatic nitrogens is 2. The van der Waals surface area contributed by atoms with Gasteiger partial charge in [0.2, 0.25) is 0 Å². The fourth-order valence-electron chi connectivity index (χ4n) is 1.98. The van der Waals surface area contributed by atoms with Crippen molar-refractivity contribution in [1.29, 1.82) is 0 Å². The van der Waals surface area contributed by atoms with Crippen LogP contribution in [0.3, 0.4) is 0 Å². The van der Waals surface area contributed by atoms with Gasteiger partial charge in [-0.2, -0.15) is 5.10 Å². The number of nitrogens with zero attached hydrogens (tertiary/aromatic N) is 1. The van der Waals surface area contributed by atoms with Crippen LogP contribution in [0.4, 0.5) is 11.5 Å². The smallest absolute Gasteiger partial charge is 0.198 e. The van der Waals surface area contributed by atoms with Crippen molar-refractivity contribution in [3.8, 4) is 0 Å². The third kappa shape index (κ3) is 2.95. The van der Waals surface area contributed by atoms with Gasteiger partial charge in [-0.1, -0.05) is 29.8 Å². The van der Waals surface area contributed by atoms with Crippen LogP contribution < -0.4 is 5.32 Å². The van der Waals surface area contributed by atoms with Crippen molar-refractivity contribution in [2.45, 2.75) is 0 Å². The largest absolute Gasteiger partial charge is 0.340 e. The third-order valence-corrected chi connectivity index (χ3v) is 3.29. The molecule has 5 heteroatoms. The Labute approximate surface area is 126 Å². The number of para-hydroxylation sites is 1. The molecule has 0 bridgehead atoms. The number of ketones is 1. The van der Waals surface area contributed by atoms with Gasteiger partial charge in [0, 0.05) is 16.3 Å². The molecule has 0 amide bonds.